The van der Waals surface area contributed by atoms with Crippen molar-refractivity contribution in [3.05, 3.63) is 77.3 Å². The minimum absolute atomic E-state index is 0.0395. The fraction of sp³-hybridized carbons (Fsp3) is 0.130. The van der Waals surface area contributed by atoms with Crippen LogP contribution >= 0.6 is 0 Å². The molecule has 2 heterocycles. The summed E-state index contributed by atoms with van der Waals surface area (Å²) in [5, 5.41) is 0.811. The van der Waals surface area contributed by atoms with E-state index in [1.807, 2.05) is 48.5 Å². The Kier molecular flexibility index (Phi) is 4.91. The third-order valence-electron chi connectivity index (χ3n) is 4.72. The van der Waals surface area contributed by atoms with Crippen LogP contribution in [-0.2, 0) is 7.05 Å². The highest BCUT2D eigenvalue weighted by Gasteiger charge is 2.12. The molecule has 6 nitrogen and oxygen atoms in total. The van der Waals surface area contributed by atoms with Gasteiger partial charge in [0.15, 0.2) is 11.5 Å². The molecule has 2 aromatic carbocycles. The molecule has 0 amide bonds. The summed E-state index contributed by atoms with van der Waals surface area (Å²) in [6, 6.07) is 16.6. The van der Waals surface area contributed by atoms with E-state index in [0.717, 1.165) is 16.5 Å². The monoisotopic (exact) mass is 388 g/mol. The molecule has 0 radical (unpaired) electrons. The van der Waals surface area contributed by atoms with E-state index < -0.39 is 0 Å². The first kappa shape index (κ1) is 18.6. The molecule has 0 aliphatic carbocycles. The molecule has 0 fully saturated rings. The SMILES string of the molecule is COc1cc2nccc(Oc3ccc(-c4cccn(C)c4=O)cc3)c2cc1OC. The first-order valence-corrected chi connectivity index (χ1v) is 9.05. The Hall–Kier alpha value is -3.80. The minimum atomic E-state index is -0.0395. The molecule has 6 heteroatoms. The number of pyridine rings is 2. The molecule has 0 atom stereocenters. The normalized spacial score (nSPS) is 10.7. The number of rotatable bonds is 5. The Labute approximate surface area is 167 Å². The lowest BCUT2D eigenvalue weighted by atomic mass is 10.1. The molecule has 29 heavy (non-hydrogen) atoms. The fourth-order valence-corrected chi connectivity index (χ4v) is 3.18. The first-order chi connectivity index (χ1) is 14.1. The van der Waals surface area contributed by atoms with Crippen LogP contribution in [0.2, 0.25) is 0 Å². The molecular formula is C23H20N2O4. The van der Waals surface area contributed by atoms with Crippen LogP contribution in [0.25, 0.3) is 22.0 Å². The number of aryl methyl sites for hydroxylation is 1. The summed E-state index contributed by atoms with van der Waals surface area (Å²) in [5.41, 5.74) is 2.18. The number of ether oxygens (including phenoxy) is 3. The van der Waals surface area contributed by atoms with Gasteiger partial charge in [-0.05, 0) is 42.0 Å². The highest BCUT2D eigenvalue weighted by Crippen LogP contribution is 2.37. The summed E-state index contributed by atoms with van der Waals surface area (Å²) in [4.78, 5) is 16.7. The van der Waals surface area contributed by atoms with Crippen molar-refractivity contribution in [3.8, 4) is 34.1 Å². The highest BCUT2D eigenvalue weighted by molar-refractivity contribution is 5.88. The lowest BCUT2D eigenvalue weighted by Crippen LogP contribution is -2.17. The molecule has 0 aliphatic heterocycles. The Morgan fingerprint density at radius 2 is 1.62 bits per heavy atom. The van der Waals surface area contributed by atoms with Crippen LogP contribution in [0, 0.1) is 0 Å². The van der Waals surface area contributed by atoms with Crippen LogP contribution in [0.15, 0.2) is 71.8 Å². The predicted octanol–water partition coefficient (Wildman–Crippen LogP) is 4.41. The van der Waals surface area contributed by atoms with Gasteiger partial charge in [0.2, 0.25) is 0 Å². The summed E-state index contributed by atoms with van der Waals surface area (Å²) in [5.74, 6) is 2.52. The average molecular weight is 388 g/mol. The number of benzene rings is 2. The van der Waals surface area contributed by atoms with E-state index in [-0.39, 0.29) is 5.56 Å². The zero-order valence-electron chi connectivity index (χ0n) is 16.4. The highest BCUT2D eigenvalue weighted by atomic mass is 16.5. The van der Waals surface area contributed by atoms with Crippen LogP contribution in [0.5, 0.6) is 23.0 Å². The molecule has 0 N–H and O–H groups in total. The van der Waals surface area contributed by atoms with Crippen LogP contribution in [0.1, 0.15) is 0 Å². The van der Waals surface area contributed by atoms with Gasteiger partial charge in [0.1, 0.15) is 11.5 Å². The van der Waals surface area contributed by atoms with Crippen LogP contribution in [-0.4, -0.2) is 23.8 Å². The molecule has 4 aromatic rings. The number of methoxy groups -OCH3 is 2. The molecular weight excluding hydrogens is 368 g/mol. The van der Waals surface area contributed by atoms with Gasteiger partial charge in [-0.15, -0.1) is 0 Å². The first-order valence-electron chi connectivity index (χ1n) is 9.05. The largest absolute Gasteiger partial charge is 0.493 e. The van der Waals surface area contributed by atoms with Crippen molar-refractivity contribution < 1.29 is 14.2 Å². The maximum atomic E-state index is 12.3. The average Bonchev–Trinajstić information content (AvgIpc) is 2.75. The third-order valence-corrected chi connectivity index (χ3v) is 4.72. The molecule has 0 aliphatic rings. The molecule has 4 rings (SSSR count). The molecule has 0 spiro atoms. The summed E-state index contributed by atoms with van der Waals surface area (Å²) in [6.45, 7) is 0. The van der Waals surface area contributed by atoms with Crippen LogP contribution in [0.3, 0.4) is 0 Å². The van der Waals surface area contributed by atoms with Gasteiger partial charge in [-0.25, -0.2) is 0 Å². The van der Waals surface area contributed by atoms with Crippen molar-refractivity contribution in [2.45, 2.75) is 0 Å². The van der Waals surface area contributed by atoms with Gasteiger partial charge in [-0.3, -0.25) is 9.78 Å². The van der Waals surface area contributed by atoms with Crippen molar-refractivity contribution in [2.75, 3.05) is 14.2 Å². The second kappa shape index (κ2) is 7.67. The van der Waals surface area contributed by atoms with E-state index in [1.54, 1.807) is 44.3 Å². The van der Waals surface area contributed by atoms with Crippen LogP contribution < -0.4 is 19.8 Å². The van der Waals surface area contributed by atoms with E-state index in [0.29, 0.717) is 28.6 Å². The van der Waals surface area contributed by atoms with E-state index in [9.17, 15) is 4.79 Å². The Morgan fingerprint density at radius 1 is 0.897 bits per heavy atom. The predicted molar refractivity (Wildman–Crippen MR) is 112 cm³/mol. The third kappa shape index (κ3) is 3.52. The summed E-state index contributed by atoms with van der Waals surface area (Å²) >= 11 is 0. The van der Waals surface area contributed by atoms with Gasteiger partial charge >= 0.3 is 0 Å². The number of hydrogen-bond acceptors (Lipinski definition) is 5. The van der Waals surface area contributed by atoms with E-state index in [1.165, 1.54) is 0 Å². The van der Waals surface area contributed by atoms with Crippen molar-refractivity contribution >= 4 is 10.9 Å². The Balaban J connectivity index is 1.68. The van der Waals surface area contributed by atoms with Crippen molar-refractivity contribution in [3.63, 3.8) is 0 Å². The maximum absolute atomic E-state index is 12.3. The van der Waals surface area contributed by atoms with Crippen molar-refractivity contribution in [2.24, 2.45) is 7.05 Å². The number of nitrogens with zero attached hydrogens (tertiary/aromatic N) is 2. The van der Waals surface area contributed by atoms with Gasteiger partial charge < -0.3 is 18.8 Å². The topological polar surface area (TPSA) is 62.6 Å². The van der Waals surface area contributed by atoms with E-state index in [4.69, 9.17) is 14.2 Å². The van der Waals surface area contributed by atoms with Gasteiger partial charge in [0, 0.05) is 36.5 Å². The lowest BCUT2D eigenvalue weighted by molar-refractivity contribution is 0.355. The molecule has 0 saturated heterocycles. The smallest absolute Gasteiger partial charge is 0.258 e. The Morgan fingerprint density at radius 3 is 2.34 bits per heavy atom. The minimum Gasteiger partial charge on any atom is -0.493 e. The summed E-state index contributed by atoms with van der Waals surface area (Å²) in [7, 11) is 4.92. The molecule has 0 unspecified atom stereocenters. The molecule has 146 valence electrons. The van der Waals surface area contributed by atoms with Crippen LogP contribution in [0.4, 0.5) is 0 Å². The van der Waals surface area contributed by atoms with Crippen molar-refractivity contribution in [1.29, 1.82) is 0 Å². The fourth-order valence-electron chi connectivity index (χ4n) is 3.18. The van der Waals surface area contributed by atoms with Gasteiger partial charge in [-0.1, -0.05) is 12.1 Å². The molecule has 0 bridgehead atoms. The van der Waals surface area contributed by atoms with E-state index >= 15 is 0 Å². The van der Waals surface area contributed by atoms with Gasteiger partial charge in [-0.2, -0.15) is 0 Å². The zero-order chi connectivity index (χ0) is 20.4. The van der Waals surface area contributed by atoms with Crippen molar-refractivity contribution in [1.82, 2.24) is 9.55 Å². The molecule has 2 aromatic heterocycles. The second-order valence-electron chi connectivity index (χ2n) is 6.50. The number of hydrogen-bond donors (Lipinski definition) is 0. The van der Waals surface area contributed by atoms with Gasteiger partial charge in [0.05, 0.1) is 19.7 Å². The zero-order valence-corrected chi connectivity index (χ0v) is 16.4. The molecule has 0 saturated carbocycles. The number of fused-ring (bicyclic) bond motifs is 1. The quantitative estimate of drug-likeness (QED) is 0.507. The maximum Gasteiger partial charge on any atom is 0.258 e. The summed E-state index contributed by atoms with van der Waals surface area (Å²) < 4.78 is 18.4. The van der Waals surface area contributed by atoms with E-state index in [2.05, 4.69) is 4.98 Å². The van der Waals surface area contributed by atoms with Gasteiger partial charge in [0.25, 0.3) is 5.56 Å². The standard InChI is InChI=1S/C23H20N2O4/c1-25-12-4-5-17(23(25)26)15-6-8-16(9-7-15)29-20-10-11-24-19-14-22(28-3)21(27-2)13-18(19)20/h4-14H,1-3H3. The lowest BCUT2D eigenvalue weighted by Gasteiger charge is -2.12. The second-order valence-corrected chi connectivity index (χ2v) is 6.50. The summed E-state index contributed by atoms with van der Waals surface area (Å²) in [6.07, 6.45) is 3.42. The number of aromatic nitrogens is 2. The Bertz CT molecular complexity index is 1230.